The van der Waals surface area contributed by atoms with Crippen LogP contribution in [0, 0.1) is 23.5 Å². The second-order valence-electron chi connectivity index (χ2n) is 5.79. The van der Waals surface area contributed by atoms with Gasteiger partial charge in [-0.15, -0.1) is 0 Å². The normalized spacial score (nSPS) is 28.8. The number of carbonyl (C=O) groups is 1. The Balaban J connectivity index is 1.65. The van der Waals surface area contributed by atoms with E-state index in [1.807, 2.05) is 4.90 Å². The number of rotatable bonds is 3. The molecule has 1 saturated heterocycles. The number of halogens is 2. The predicted octanol–water partition coefficient (Wildman–Crippen LogP) is 1.88. The van der Waals surface area contributed by atoms with Gasteiger partial charge in [-0.1, -0.05) is 6.07 Å². The number of carbonyl (C=O) groups excluding carboxylic acids is 1. The van der Waals surface area contributed by atoms with Crippen LogP contribution in [0.4, 0.5) is 8.78 Å². The highest BCUT2D eigenvalue weighted by Gasteiger charge is 2.47. The van der Waals surface area contributed by atoms with Gasteiger partial charge < -0.3 is 10.6 Å². The molecule has 0 radical (unpaired) electrons. The van der Waals surface area contributed by atoms with Crippen LogP contribution in [-0.2, 0) is 4.79 Å². The van der Waals surface area contributed by atoms with Gasteiger partial charge in [-0.2, -0.15) is 0 Å². The average molecular weight is 280 g/mol. The van der Waals surface area contributed by atoms with E-state index < -0.39 is 11.6 Å². The highest BCUT2D eigenvalue weighted by molar-refractivity contribution is 5.83. The van der Waals surface area contributed by atoms with E-state index in [9.17, 15) is 13.6 Å². The molecule has 1 amide bonds. The third-order valence-corrected chi connectivity index (χ3v) is 4.40. The standard InChI is InChI=1S/C15H18F2N2O/c16-10-1-2-11(14(17)5-10)12-6-13(12)15(20)19-4-3-9(7-18)8-19/h1-2,5,9,12-13H,3-4,6-8,18H2. The smallest absolute Gasteiger partial charge is 0.226 e. The van der Waals surface area contributed by atoms with Crippen molar-refractivity contribution in [2.75, 3.05) is 19.6 Å². The third-order valence-electron chi connectivity index (χ3n) is 4.40. The van der Waals surface area contributed by atoms with E-state index in [1.165, 1.54) is 12.1 Å². The molecular formula is C15H18F2N2O. The molecule has 0 aromatic heterocycles. The van der Waals surface area contributed by atoms with Gasteiger partial charge in [0.2, 0.25) is 5.91 Å². The van der Waals surface area contributed by atoms with Crippen molar-refractivity contribution in [1.82, 2.24) is 4.90 Å². The zero-order valence-electron chi connectivity index (χ0n) is 11.2. The Morgan fingerprint density at radius 2 is 2.20 bits per heavy atom. The first-order chi connectivity index (χ1) is 9.60. The average Bonchev–Trinajstić information content (AvgIpc) is 3.06. The molecule has 108 valence electrons. The van der Waals surface area contributed by atoms with Crippen molar-refractivity contribution in [2.45, 2.75) is 18.8 Å². The zero-order chi connectivity index (χ0) is 14.3. The summed E-state index contributed by atoms with van der Waals surface area (Å²) in [7, 11) is 0. The molecule has 2 fully saturated rings. The maximum absolute atomic E-state index is 13.7. The second-order valence-corrected chi connectivity index (χ2v) is 5.79. The summed E-state index contributed by atoms with van der Waals surface area (Å²) in [6.45, 7) is 2.06. The molecule has 20 heavy (non-hydrogen) atoms. The summed E-state index contributed by atoms with van der Waals surface area (Å²) in [6, 6.07) is 3.59. The van der Waals surface area contributed by atoms with E-state index in [0.29, 0.717) is 31.0 Å². The van der Waals surface area contributed by atoms with Crippen LogP contribution >= 0.6 is 0 Å². The fraction of sp³-hybridized carbons (Fsp3) is 0.533. The van der Waals surface area contributed by atoms with Crippen LogP contribution < -0.4 is 5.73 Å². The number of nitrogens with two attached hydrogens (primary N) is 1. The van der Waals surface area contributed by atoms with Crippen LogP contribution in [-0.4, -0.2) is 30.4 Å². The Morgan fingerprint density at radius 3 is 2.85 bits per heavy atom. The molecule has 2 N–H and O–H groups in total. The fourth-order valence-corrected chi connectivity index (χ4v) is 3.07. The Morgan fingerprint density at radius 1 is 1.40 bits per heavy atom. The molecule has 0 bridgehead atoms. The van der Waals surface area contributed by atoms with E-state index in [-0.39, 0.29) is 17.7 Å². The summed E-state index contributed by atoms with van der Waals surface area (Å²) in [5.74, 6) is -0.897. The van der Waals surface area contributed by atoms with Gasteiger partial charge in [0, 0.05) is 25.1 Å². The number of nitrogens with zero attached hydrogens (tertiary/aromatic N) is 1. The molecule has 1 aliphatic carbocycles. The molecular weight excluding hydrogens is 262 g/mol. The molecule has 1 aromatic carbocycles. The van der Waals surface area contributed by atoms with Crippen molar-refractivity contribution in [2.24, 2.45) is 17.6 Å². The van der Waals surface area contributed by atoms with Crippen molar-refractivity contribution in [3.05, 3.63) is 35.4 Å². The first-order valence-electron chi connectivity index (χ1n) is 7.04. The third kappa shape index (κ3) is 2.42. The highest BCUT2D eigenvalue weighted by Crippen LogP contribution is 2.49. The number of amides is 1. The SMILES string of the molecule is NCC1CCN(C(=O)C2CC2c2ccc(F)cc2F)C1. The van der Waals surface area contributed by atoms with Gasteiger partial charge in [0.15, 0.2) is 0 Å². The fourth-order valence-electron chi connectivity index (χ4n) is 3.07. The van der Waals surface area contributed by atoms with Crippen LogP contribution in [0.1, 0.15) is 24.3 Å². The minimum atomic E-state index is -0.583. The summed E-state index contributed by atoms with van der Waals surface area (Å²) in [5.41, 5.74) is 6.07. The Bertz CT molecular complexity index is 535. The summed E-state index contributed by atoms with van der Waals surface area (Å²) in [6.07, 6.45) is 1.61. The molecule has 1 heterocycles. The lowest BCUT2D eigenvalue weighted by Gasteiger charge is -2.16. The first kappa shape index (κ1) is 13.5. The monoisotopic (exact) mass is 280 g/mol. The van der Waals surface area contributed by atoms with E-state index in [0.717, 1.165) is 19.0 Å². The van der Waals surface area contributed by atoms with Gasteiger partial charge in [-0.05, 0) is 42.9 Å². The van der Waals surface area contributed by atoms with Crippen LogP contribution in [0.2, 0.25) is 0 Å². The molecule has 1 aliphatic heterocycles. The molecule has 3 unspecified atom stereocenters. The van der Waals surface area contributed by atoms with Crippen LogP contribution in [0.25, 0.3) is 0 Å². The number of hydrogen-bond donors (Lipinski definition) is 1. The van der Waals surface area contributed by atoms with E-state index >= 15 is 0 Å². The molecule has 3 rings (SSSR count). The van der Waals surface area contributed by atoms with Crippen LogP contribution in [0.3, 0.4) is 0 Å². The van der Waals surface area contributed by atoms with E-state index in [4.69, 9.17) is 5.73 Å². The van der Waals surface area contributed by atoms with Gasteiger partial charge in [-0.25, -0.2) is 8.78 Å². The quantitative estimate of drug-likeness (QED) is 0.919. The second kappa shape index (κ2) is 5.13. The molecule has 5 heteroatoms. The molecule has 2 aliphatic rings. The van der Waals surface area contributed by atoms with Crippen LogP contribution in [0.15, 0.2) is 18.2 Å². The summed E-state index contributed by atoms with van der Waals surface area (Å²) in [5, 5.41) is 0. The van der Waals surface area contributed by atoms with E-state index in [2.05, 4.69) is 0 Å². The summed E-state index contributed by atoms with van der Waals surface area (Å²) >= 11 is 0. The van der Waals surface area contributed by atoms with Gasteiger partial charge in [0.1, 0.15) is 11.6 Å². The lowest BCUT2D eigenvalue weighted by Crippen LogP contribution is -2.31. The number of benzene rings is 1. The molecule has 1 aromatic rings. The minimum Gasteiger partial charge on any atom is -0.342 e. The predicted molar refractivity (Wildman–Crippen MR) is 70.9 cm³/mol. The number of likely N-dealkylation sites (tertiary alicyclic amines) is 1. The largest absolute Gasteiger partial charge is 0.342 e. The van der Waals surface area contributed by atoms with Gasteiger partial charge in [0.25, 0.3) is 0 Å². The Labute approximate surface area is 116 Å². The van der Waals surface area contributed by atoms with Crippen molar-refractivity contribution >= 4 is 5.91 Å². The van der Waals surface area contributed by atoms with Gasteiger partial charge in [-0.3, -0.25) is 4.79 Å². The minimum absolute atomic E-state index is 0.0923. The summed E-state index contributed by atoms with van der Waals surface area (Å²) < 4.78 is 26.6. The molecule has 0 spiro atoms. The Hall–Kier alpha value is -1.49. The molecule has 1 saturated carbocycles. The van der Waals surface area contributed by atoms with Crippen molar-refractivity contribution in [1.29, 1.82) is 0 Å². The maximum atomic E-state index is 13.7. The van der Waals surface area contributed by atoms with Gasteiger partial charge in [0.05, 0.1) is 0 Å². The lowest BCUT2D eigenvalue weighted by molar-refractivity contribution is -0.131. The Kier molecular flexibility index (Phi) is 3.46. The molecule has 3 nitrogen and oxygen atoms in total. The molecule has 3 atom stereocenters. The van der Waals surface area contributed by atoms with Crippen molar-refractivity contribution < 1.29 is 13.6 Å². The number of hydrogen-bond acceptors (Lipinski definition) is 2. The zero-order valence-corrected chi connectivity index (χ0v) is 11.2. The lowest BCUT2D eigenvalue weighted by atomic mass is 10.1. The van der Waals surface area contributed by atoms with Gasteiger partial charge >= 0.3 is 0 Å². The van der Waals surface area contributed by atoms with Crippen molar-refractivity contribution in [3.63, 3.8) is 0 Å². The summed E-state index contributed by atoms with van der Waals surface area (Å²) in [4.78, 5) is 14.2. The topological polar surface area (TPSA) is 46.3 Å². The van der Waals surface area contributed by atoms with E-state index in [1.54, 1.807) is 0 Å². The highest BCUT2D eigenvalue weighted by atomic mass is 19.1. The van der Waals surface area contributed by atoms with Crippen LogP contribution in [0.5, 0.6) is 0 Å². The first-order valence-corrected chi connectivity index (χ1v) is 7.04. The van der Waals surface area contributed by atoms with Crippen molar-refractivity contribution in [3.8, 4) is 0 Å². The maximum Gasteiger partial charge on any atom is 0.226 e.